The Balaban J connectivity index is 2.11. The molecule has 0 bridgehead atoms. The van der Waals surface area contributed by atoms with Gasteiger partial charge in [0.1, 0.15) is 5.75 Å². The Bertz CT molecular complexity index is 583. The van der Waals surface area contributed by atoms with Crippen LogP contribution in [0.25, 0.3) is 0 Å². The van der Waals surface area contributed by atoms with Gasteiger partial charge in [0.25, 0.3) is 0 Å². The Morgan fingerprint density at radius 3 is 2.43 bits per heavy atom. The second kappa shape index (κ2) is 6.93. The molecule has 0 heterocycles. The van der Waals surface area contributed by atoms with Crippen molar-refractivity contribution >= 4 is 6.41 Å². The van der Waals surface area contributed by atoms with Gasteiger partial charge in [-0.2, -0.15) is 0 Å². The Labute approximate surface area is 125 Å². The molecular weight excluding hydrogens is 262 g/mol. The molecule has 0 aliphatic carbocycles. The van der Waals surface area contributed by atoms with Crippen LogP contribution in [-0.2, 0) is 11.2 Å². The zero-order chi connectivity index (χ0) is 15.2. The number of carbonyl (C=O) groups is 1. The molecular formula is C18H21NO2. The van der Waals surface area contributed by atoms with Crippen LogP contribution in [0.4, 0.5) is 0 Å². The highest BCUT2D eigenvalue weighted by Crippen LogP contribution is 2.23. The average molecular weight is 283 g/mol. The highest BCUT2D eigenvalue weighted by molar-refractivity contribution is 5.49. The fourth-order valence-electron chi connectivity index (χ4n) is 2.61. The lowest BCUT2D eigenvalue weighted by molar-refractivity contribution is -0.122. The number of hydrogen-bond acceptors (Lipinski definition) is 2. The fraction of sp³-hybridized carbons (Fsp3) is 0.278. The highest BCUT2D eigenvalue weighted by Gasteiger charge is 2.19. The molecule has 2 aromatic rings. The minimum Gasteiger partial charge on any atom is -0.508 e. The largest absolute Gasteiger partial charge is 0.508 e. The number of rotatable bonds is 6. The van der Waals surface area contributed by atoms with Gasteiger partial charge >= 0.3 is 0 Å². The Morgan fingerprint density at radius 1 is 1.10 bits per heavy atom. The first-order valence-corrected chi connectivity index (χ1v) is 7.17. The second-order valence-corrected chi connectivity index (χ2v) is 5.36. The zero-order valence-corrected chi connectivity index (χ0v) is 12.4. The van der Waals surface area contributed by atoms with Crippen LogP contribution < -0.4 is 0 Å². The molecule has 0 aliphatic rings. The normalized spacial score (nSPS) is 13.4. The SMILES string of the molecule is C[C@H](Cc1cccc(O)c1)N(C=O)[C@H](C)c1ccccc1. The summed E-state index contributed by atoms with van der Waals surface area (Å²) in [5.41, 5.74) is 2.14. The number of amides is 1. The van der Waals surface area contributed by atoms with Gasteiger partial charge in [0.15, 0.2) is 0 Å². The first-order chi connectivity index (χ1) is 10.1. The summed E-state index contributed by atoms with van der Waals surface area (Å²) in [7, 11) is 0. The van der Waals surface area contributed by atoms with Crippen LogP contribution in [0, 0.1) is 0 Å². The van der Waals surface area contributed by atoms with Gasteiger partial charge in [0, 0.05) is 6.04 Å². The summed E-state index contributed by atoms with van der Waals surface area (Å²) >= 11 is 0. The van der Waals surface area contributed by atoms with Crippen molar-refractivity contribution < 1.29 is 9.90 Å². The van der Waals surface area contributed by atoms with Gasteiger partial charge in [-0.1, -0.05) is 42.5 Å². The van der Waals surface area contributed by atoms with Crippen molar-refractivity contribution in [2.24, 2.45) is 0 Å². The lowest BCUT2D eigenvalue weighted by atomic mass is 10.0. The third-order valence-corrected chi connectivity index (χ3v) is 3.80. The molecule has 0 unspecified atom stereocenters. The summed E-state index contributed by atoms with van der Waals surface area (Å²) in [6.45, 7) is 4.06. The van der Waals surface area contributed by atoms with Gasteiger partial charge in [0.05, 0.1) is 6.04 Å². The molecule has 0 aromatic heterocycles. The number of phenolic OH excluding ortho intramolecular Hbond substituents is 1. The van der Waals surface area contributed by atoms with Crippen LogP contribution in [0.1, 0.15) is 31.0 Å². The number of aromatic hydroxyl groups is 1. The van der Waals surface area contributed by atoms with E-state index in [1.165, 1.54) is 0 Å². The van der Waals surface area contributed by atoms with Crippen molar-refractivity contribution in [1.29, 1.82) is 0 Å². The van der Waals surface area contributed by atoms with E-state index < -0.39 is 0 Å². The molecule has 2 aromatic carbocycles. The molecule has 0 saturated carbocycles. The lowest BCUT2D eigenvalue weighted by Gasteiger charge is -2.31. The van der Waals surface area contributed by atoms with Crippen LogP contribution in [-0.4, -0.2) is 22.5 Å². The van der Waals surface area contributed by atoms with Crippen molar-refractivity contribution in [1.82, 2.24) is 4.90 Å². The molecule has 0 fully saturated rings. The molecule has 110 valence electrons. The summed E-state index contributed by atoms with van der Waals surface area (Å²) in [4.78, 5) is 13.3. The summed E-state index contributed by atoms with van der Waals surface area (Å²) in [5, 5.41) is 9.53. The summed E-state index contributed by atoms with van der Waals surface area (Å²) < 4.78 is 0. The minimum absolute atomic E-state index is 0.0241. The number of hydrogen-bond donors (Lipinski definition) is 1. The van der Waals surface area contributed by atoms with Crippen molar-refractivity contribution in [2.45, 2.75) is 32.4 Å². The van der Waals surface area contributed by atoms with E-state index in [1.807, 2.05) is 61.2 Å². The molecule has 0 saturated heterocycles. The van der Waals surface area contributed by atoms with Crippen LogP contribution in [0.5, 0.6) is 5.75 Å². The van der Waals surface area contributed by atoms with E-state index in [9.17, 15) is 9.90 Å². The lowest BCUT2D eigenvalue weighted by Crippen LogP contribution is -2.35. The molecule has 3 heteroatoms. The van der Waals surface area contributed by atoms with Crippen molar-refractivity contribution in [2.75, 3.05) is 0 Å². The highest BCUT2D eigenvalue weighted by atomic mass is 16.3. The first kappa shape index (κ1) is 15.1. The summed E-state index contributed by atoms with van der Waals surface area (Å²) in [6, 6.07) is 17.3. The predicted molar refractivity (Wildman–Crippen MR) is 84.0 cm³/mol. The van der Waals surface area contributed by atoms with Crippen molar-refractivity contribution in [3.63, 3.8) is 0 Å². The molecule has 0 radical (unpaired) electrons. The van der Waals surface area contributed by atoms with Gasteiger partial charge in [-0.05, 0) is 43.5 Å². The molecule has 3 nitrogen and oxygen atoms in total. The van der Waals surface area contributed by atoms with Crippen molar-refractivity contribution in [3.8, 4) is 5.75 Å². The van der Waals surface area contributed by atoms with Crippen molar-refractivity contribution in [3.05, 3.63) is 65.7 Å². The van der Waals surface area contributed by atoms with E-state index in [4.69, 9.17) is 0 Å². The third-order valence-electron chi connectivity index (χ3n) is 3.80. The summed E-state index contributed by atoms with van der Waals surface area (Å²) in [6.07, 6.45) is 1.62. The van der Waals surface area contributed by atoms with Crippen LogP contribution in [0.2, 0.25) is 0 Å². The quantitative estimate of drug-likeness (QED) is 0.824. The molecule has 2 rings (SSSR count). The average Bonchev–Trinajstić information content (AvgIpc) is 2.48. The van der Waals surface area contributed by atoms with E-state index >= 15 is 0 Å². The molecule has 2 atom stereocenters. The Kier molecular flexibility index (Phi) is 4.99. The molecule has 21 heavy (non-hydrogen) atoms. The third kappa shape index (κ3) is 3.85. The van der Waals surface area contributed by atoms with Gasteiger partial charge in [-0.3, -0.25) is 4.79 Å². The first-order valence-electron chi connectivity index (χ1n) is 7.17. The Hall–Kier alpha value is -2.29. The monoisotopic (exact) mass is 283 g/mol. The van der Waals surface area contributed by atoms with Gasteiger partial charge in [-0.25, -0.2) is 0 Å². The predicted octanol–water partition coefficient (Wildman–Crippen LogP) is 3.54. The standard InChI is InChI=1S/C18H21NO2/c1-14(11-16-7-6-10-18(21)12-16)19(13-20)15(2)17-8-4-3-5-9-17/h3-10,12-15,21H,11H2,1-2H3/t14-,15-/m1/s1. The Morgan fingerprint density at radius 2 is 1.81 bits per heavy atom. The van der Waals surface area contributed by atoms with Crippen LogP contribution >= 0.6 is 0 Å². The minimum atomic E-state index is 0.0241. The maximum atomic E-state index is 11.5. The van der Waals surface area contributed by atoms with Crippen LogP contribution in [0.15, 0.2) is 54.6 Å². The number of carbonyl (C=O) groups excluding carboxylic acids is 1. The number of phenols is 1. The van der Waals surface area contributed by atoms with E-state index in [2.05, 4.69) is 0 Å². The van der Waals surface area contributed by atoms with E-state index in [0.29, 0.717) is 6.42 Å². The maximum absolute atomic E-state index is 11.5. The van der Waals surface area contributed by atoms with E-state index in [1.54, 1.807) is 12.1 Å². The van der Waals surface area contributed by atoms with Gasteiger partial charge in [0.2, 0.25) is 6.41 Å². The second-order valence-electron chi connectivity index (χ2n) is 5.36. The van der Waals surface area contributed by atoms with E-state index in [0.717, 1.165) is 17.5 Å². The molecule has 1 N–H and O–H groups in total. The fourth-order valence-corrected chi connectivity index (χ4v) is 2.61. The van der Waals surface area contributed by atoms with E-state index in [-0.39, 0.29) is 17.8 Å². The topological polar surface area (TPSA) is 40.5 Å². The number of nitrogens with zero attached hydrogens (tertiary/aromatic N) is 1. The smallest absolute Gasteiger partial charge is 0.210 e. The molecule has 1 amide bonds. The van der Waals surface area contributed by atoms with Gasteiger partial charge in [-0.15, -0.1) is 0 Å². The maximum Gasteiger partial charge on any atom is 0.210 e. The van der Waals surface area contributed by atoms with Gasteiger partial charge < -0.3 is 10.0 Å². The molecule has 0 spiro atoms. The summed E-state index contributed by atoms with van der Waals surface area (Å²) in [5.74, 6) is 0.258. The number of benzene rings is 2. The van der Waals surface area contributed by atoms with Crippen LogP contribution in [0.3, 0.4) is 0 Å². The zero-order valence-electron chi connectivity index (χ0n) is 12.4. The molecule has 0 aliphatic heterocycles.